The van der Waals surface area contributed by atoms with Gasteiger partial charge in [-0.3, -0.25) is 9.59 Å². The van der Waals surface area contributed by atoms with Crippen LogP contribution in [0, 0.1) is 0 Å². The number of quaternary nitrogens is 1. The van der Waals surface area contributed by atoms with Crippen LogP contribution in [0.5, 0.6) is 0 Å². The highest BCUT2D eigenvalue weighted by Crippen LogP contribution is 2.14. The van der Waals surface area contributed by atoms with Gasteiger partial charge in [0.25, 0.3) is 6.29 Å². The van der Waals surface area contributed by atoms with Crippen molar-refractivity contribution in [3.63, 3.8) is 0 Å². The lowest BCUT2D eigenvalue weighted by Gasteiger charge is -2.25. The lowest BCUT2D eigenvalue weighted by molar-refractivity contribution is -0.870. The zero-order valence-electron chi connectivity index (χ0n) is 49.0. The molecular formula is C68H108NO8+. The standard InChI is InChI=1S/C68H107NO8/c1-6-8-10-12-14-16-18-20-22-24-26-28-29-30-31-32-33-34-35-36-37-39-41-43-45-47-49-51-53-55-57-59-66(71)77-64(63-76-68(67(72)73)74-61-60-69(3,4)5)62-75-65(70)58-56-54-52-50-48-46-44-42-40-38-27-25-23-21-19-17-15-13-11-9-7-2/h8-11,14-17,20-23,26-28,30-31,33-34,36-38,42,44,48,50,64,68H,6-7,12-13,18-19,24-25,29,32,35,39-41,43,45-47,49,51-63H2,1-5H3/p+1/b10-8-,11-9-,16-14-,17-15-,22-20-,23-21-,28-26-,31-30-,34-33-,37-36-,38-27-,44-42-,50-48-. The molecule has 0 spiro atoms. The van der Waals surface area contributed by atoms with Gasteiger partial charge in [0.05, 0.1) is 34.4 Å². The van der Waals surface area contributed by atoms with Gasteiger partial charge in [-0.15, -0.1) is 0 Å². The summed E-state index contributed by atoms with van der Waals surface area (Å²) < 4.78 is 22.8. The molecule has 0 saturated heterocycles. The molecule has 0 fully saturated rings. The summed E-state index contributed by atoms with van der Waals surface area (Å²) in [6, 6.07) is 0. The number of hydrogen-bond acceptors (Lipinski definition) is 7. The van der Waals surface area contributed by atoms with Crippen molar-refractivity contribution in [2.45, 2.75) is 206 Å². The molecule has 0 radical (unpaired) electrons. The van der Waals surface area contributed by atoms with E-state index in [0.29, 0.717) is 23.9 Å². The number of unbranched alkanes of at least 4 members (excludes halogenated alkanes) is 11. The van der Waals surface area contributed by atoms with Crippen LogP contribution in [0.25, 0.3) is 0 Å². The predicted octanol–water partition coefficient (Wildman–Crippen LogP) is 17.8. The molecule has 0 aliphatic rings. The minimum Gasteiger partial charge on any atom is -0.477 e. The second-order valence-corrected chi connectivity index (χ2v) is 20.2. The Bertz CT molecular complexity index is 1810. The van der Waals surface area contributed by atoms with Crippen LogP contribution >= 0.6 is 0 Å². The summed E-state index contributed by atoms with van der Waals surface area (Å²) in [6.07, 6.45) is 81.8. The molecule has 0 aromatic heterocycles. The smallest absolute Gasteiger partial charge is 0.361 e. The first-order valence-corrected chi connectivity index (χ1v) is 29.6. The van der Waals surface area contributed by atoms with Gasteiger partial charge in [0.1, 0.15) is 13.2 Å². The van der Waals surface area contributed by atoms with E-state index >= 15 is 0 Å². The van der Waals surface area contributed by atoms with Gasteiger partial charge < -0.3 is 28.5 Å². The SMILES string of the molecule is CC/C=C\C/C=C\C/C=C\C/C=C\C/C=C\C/C=C\C/C=C\CCCCCCCCCCCC(=O)OC(COC(=O)CCCC/C=C\C/C=C\C/C=C\C/C=C\C/C=C\C/C=C\CC)COC(OCC[N+](C)(C)C)C(=O)O. The van der Waals surface area contributed by atoms with Crippen LogP contribution in [-0.2, 0) is 33.3 Å². The van der Waals surface area contributed by atoms with Gasteiger partial charge in [-0.25, -0.2) is 4.79 Å². The summed E-state index contributed by atoms with van der Waals surface area (Å²) in [5.41, 5.74) is 0. The number of esters is 2. The molecule has 77 heavy (non-hydrogen) atoms. The molecule has 0 heterocycles. The van der Waals surface area contributed by atoms with Crippen molar-refractivity contribution in [2.24, 2.45) is 0 Å². The third-order valence-electron chi connectivity index (χ3n) is 11.8. The van der Waals surface area contributed by atoms with Gasteiger partial charge in [-0.2, -0.15) is 0 Å². The summed E-state index contributed by atoms with van der Waals surface area (Å²) in [5, 5.41) is 9.71. The first kappa shape index (κ1) is 71.9. The number of ether oxygens (including phenoxy) is 4. The van der Waals surface area contributed by atoms with Gasteiger partial charge in [0, 0.05) is 12.8 Å². The van der Waals surface area contributed by atoms with Crippen LogP contribution in [0.15, 0.2) is 158 Å². The quantitative estimate of drug-likeness (QED) is 0.0211. The Morgan fingerprint density at radius 1 is 0.390 bits per heavy atom. The number of aliphatic carboxylic acids is 1. The number of nitrogens with zero attached hydrogens (tertiary/aromatic N) is 1. The van der Waals surface area contributed by atoms with E-state index in [0.717, 1.165) is 122 Å². The van der Waals surface area contributed by atoms with Crippen molar-refractivity contribution >= 4 is 17.9 Å². The number of carboxylic acids is 1. The largest absolute Gasteiger partial charge is 0.477 e. The third kappa shape index (κ3) is 58.4. The molecule has 0 rings (SSSR count). The lowest BCUT2D eigenvalue weighted by Crippen LogP contribution is -2.40. The van der Waals surface area contributed by atoms with Crippen LogP contribution in [0.1, 0.15) is 194 Å². The average molecular weight is 1070 g/mol. The number of likely N-dealkylation sites (N-methyl/N-ethyl adjacent to an activating group) is 1. The van der Waals surface area contributed by atoms with E-state index < -0.39 is 30.3 Å². The molecule has 9 heteroatoms. The second kappa shape index (κ2) is 57.1. The Labute approximate surface area is 470 Å². The molecule has 2 atom stereocenters. The molecule has 0 amide bonds. The molecule has 0 bridgehead atoms. The van der Waals surface area contributed by atoms with Gasteiger partial charge in [0.2, 0.25) is 0 Å². The van der Waals surface area contributed by atoms with E-state index in [1.54, 1.807) is 0 Å². The van der Waals surface area contributed by atoms with Crippen molar-refractivity contribution in [1.29, 1.82) is 0 Å². The maximum absolute atomic E-state index is 12.9. The van der Waals surface area contributed by atoms with E-state index in [1.807, 2.05) is 21.1 Å². The molecule has 0 saturated carbocycles. The Morgan fingerprint density at radius 2 is 0.701 bits per heavy atom. The number of carbonyl (C=O) groups excluding carboxylic acids is 2. The summed E-state index contributed by atoms with van der Waals surface area (Å²) in [4.78, 5) is 37.4. The Morgan fingerprint density at radius 3 is 1.06 bits per heavy atom. The topological polar surface area (TPSA) is 108 Å². The molecule has 0 aromatic rings. The number of rotatable bonds is 52. The highest BCUT2D eigenvalue weighted by molar-refractivity contribution is 5.71. The van der Waals surface area contributed by atoms with Gasteiger partial charge >= 0.3 is 17.9 Å². The first-order valence-electron chi connectivity index (χ1n) is 29.6. The zero-order chi connectivity index (χ0) is 56.2. The molecule has 0 aliphatic carbocycles. The summed E-state index contributed by atoms with van der Waals surface area (Å²) in [5.74, 6) is -2.09. The number of allylic oxidation sites excluding steroid dienone is 26. The molecule has 2 unspecified atom stereocenters. The van der Waals surface area contributed by atoms with E-state index in [4.69, 9.17) is 18.9 Å². The molecule has 1 N–H and O–H groups in total. The van der Waals surface area contributed by atoms with Crippen LogP contribution in [0.3, 0.4) is 0 Å². The van der Waals surface area contributed by atoms with Crippen LogP contribution in [-0.4, -0.2) is 87.4 Å². The normalized spacial score (nSPS) is 13.9. The number of carbonyl (C=O) groups is 3. The number of carboxylic acid groups (broad SMARTS) is 1. The fourth-order valence-electron chi connectivity index (χ4n) is 7.29. The minimum absolute atomic E-state index is 0.170. The minimum atomic E-state index is -1.53. The van der Waals surface area contributed by atoms with Crippen molar-refractivity contribution in [1.82, 2.24) is 0 Å². The molecular weight excluding hydrogens is 959 g/mol. The summed E-state index contributed by atoms with van der Waals surface area (Å²) in [6.45, 7) is 4.56. The van der Waals surface area contributed by atoms with E-state index in [1.165, 1.54) is 32.1 Å². The Kier molecular flexibility index (Phi) is 53.3. The van der Waals surface area contributed by atoms with Crippen LogP contribution in [0.4, 0.5) is 0 Å². The fraction of sp³-hybridized carbons (Fsp3) is 0.574. The van der Waals surface area contributed by atoms with Gasteiger partial charge in [0.15, 0.2) is 6.10 Å². The Hall–Kier alpha value is -5.09. The summed E-state index contributed by atoms with van der Waals surface area (Å²) in [7, 11) is 5.94. The van der Waals surface area contributed by atoms with Crippen LogP contribution < -0.4 is 0 Å². The fourth-order valence-corrected chi connectivity index (χ4v) is 7.29. The van der Waals surface area contributed by atoms with Crippen LogP contribution in [0.2, 0.25) is 0 Å². The monoisotopic (exact) mass is 1070 g/mol. The molecule has 0 aliphatic heterocycles. The van der Waals surface area contributed by atoms with Crippen molar-refractivity contribution in [3.8, 4) is 0 Å². The molecule has 9 nitrogen and oxygen atoms in total. The highest BCUT2D eigenvalue weighted by atomic mass is 16.7. The van der Waals surface area contributed by atoms with E-state index in [-0.39, 0.29) is 32.7 Å². The first-order chi connectivity index (χ1) is 37.6. The predicted molar refractivity (Wildman–Crippen MR) is 327 cm³/mol. The average Bonchev–Trinajstić information content (AvgIpc) is 3.40. The van der Waals surface area contributed by atoms with Crippen molar-refractivity contribution in [2.75, 3.05) is 47.5 Å². The van der Waals surface area contributed by atoms with Gasteiger partial charge in [-0.1, -0.05) is 217 Å². The maximum Gasteiger partial charge on any atom is 0.361 e. The Balaban J connectivity index is 4.35. The zero-order valence-corrected chi connectivity index (χ0v) is 49.0. The second-order valence-electron chi connectivity index (χ2n) is 20.2. The van der Waals surface area contributed by atoms with Gasteiger partial charge in [-0.05, 0) is 122 Å². The lowest BCUT2D eigenvalue weighted by atomic mass is 10.1. The maximum atomic E-state index is 12.9. The van der Waals surface area contributed by atoms with Crippen molar-refractivity contribution in [3.05, 3.63) is 158 Å². The highest BCUT2D eigenvalue weighted by Gasteiger charge is 2.25. The van der Waals surface area contributed by atoms with E-state index in [9.17, 15) is 19.5 Å². The van der Waals surface area contributed by atoms with E-state index in [2.05, 4.69) is 172 Å². The molecule has 432 valence electrons. The number of hydrogen-bond donors (Lipinski definition) is 1. The van der Waals surface area contributed by atoms with Crippen molar-refractivity contribution < 1.29 is 42.9 Å². The molecule has 0 aromatic carbocycles. The summed E-state index contributed by atoms with van der Waals surface area (Å²) >= 11 is 0. The third-order valence-corrected chi connectivity index (χ3v) is 11.8.